The van der Waals surface area contributed by atoms with Crippen molar-refractivity contribution in [3.05, 3.63) is 84.4 Å². The number of aromatic carboxylic acids is 1. The molecule has 5 aromatic carbocycles. The van der Waals surface area contributed by atoms with Gasteiger partial charge in [0.25, 0.3) is 10.1 Å². The number of carboxylic acid groups (broad SMARTS) is 1. The predicted molar refractivity (Wildman–Crippen MR) is 143 cm³/mol. The minimum Gasteiger partial charge on any atom is -0.872 e. The molecule has 0 radical (unpaired) electrons. The topological polar surface area (TPSA) is 213 Å². The molecular weight excluding hydrogens is 584 g/mol. The number of nitrogens with two attached hydrogens (primary N) is 1. The van der Waals surface area contributed by atoms with Crippen molar-refractivity contribution in [2.75, 3.05) is 5.73 Å². The zero-order chi connectivity index (χ0) is 28.6. The molecule has 0 aliphatic rings. The van der Waals surface area contributed by atoms with Crippen LogP contribution in [0.15, 0.2) is 104 Å². The molecule has 0 amide bonds. The molecule has 0 aromatic heterocycles. The maximum atomic E-state index is 13.1. The fourth-order valence-corrected chi connectivity index (χ4v) is 4.69. The number of nitrogen functional groups attached to an aromatic ring is 1. The number of azo groups is 2. The van der Waals surface area contributed by atoms with Crippen LogP contribution in [0.4, 0.5) is 28.4 Å². The van der Waals surface area contributed by atoms with Gasteiger partial charge in [-0.2, -0.15) is 13.5 Å². The van der Waals surface area contributed by atoms with Crippen LogP contribution < -0.4 is 75.1 Å². The number of rotatable bonds is 6. The standard InChI is InChI=1S/C27H19N5O7S.2Na/c28-15-6-5-14-11-24(40(37,38)39)25(26(34)19(14)12-15)32-31-22-9-8-21(17-3-1-2-4-18(17)22)30-29-16-7-10-23(33)20(13-16)27(35)36;;/h1-13,33-34H,28H2,(H,35,36)(H,37,38,39);;/q;2*+1/p-2. The van der Waals surface area contributed by atoms with Crippen molar-refractivity contribution in [1.82, 2.24) is 0 Å². The number of benzene rings is 5. The van der Waals surface area contributed by atoms with Gasteiger partial charge in [-0.15, -0.1) is 15.3 Å². The zero-order valence-corrected chi connectivity index (χ0v) is 27.0. The summed E-state index contributed by atoms with van der Waals surface area (Å²) in [4.78, 5) is 10.5. The first-order valence-corrected chi connectivity index (χ1v) is 12.9. The summed E-state index contributed by atoms with van der Waals surface area (Å²) in [5, 5.41) is 51.7. The first-order chi connectivity index (χ1) is 19.0. The van der Waals surface area contributed by atoms with Gasteiger partial charge in [0.05, 0.1) is 28.3 Å². The third-order valence-electron chi connectivity index (χ3n) is 5.94. The average Bonchev–Trinajstić information content (AvgIpc) is 2.92. The monoisotopic (exact) mass is 601 g/mol. The molecule has 12 nitrogen and oxygen atoms in total. The summed E-state index contributed by atoms with van der Waals surface area (Å²) in [5.41, 5.74) is 5.84. The second kappa shape index (κ2) is 13.3. The van der Waals surface area contributed by atoms with Crippen LogP contribution in [-0.2, 0) is 10.1 Å². The molecule has 0 unspecified atom stereocenters. The van der Waals surface area contributed by atoms with E-state index in [4.69, 9.17) is 10.8 Å². The van der Waals surface area contributed by atoms with E-state index in [0.717, 1.165) is 18.2 Å². The van der Waals surface area contributed by atoms with Crippen LogP contribution in [0, 0.1) is 0 Å². The van der Waals surface area contributed by atoms with Gasteiger partial charge in [0, 0.05) is 16.5 Å². The smallest absolute Gasteiger partial charge is 0.872 e. The van der Waals surface area contributed by atoms with E-state index in [1.165, 1.54) is 30.3 Å². The summed E-state index contributed by atoms with van der Waals surface area (Å²) in [6.07, 6.45) is 0. The molecule has 0 atom stereocenters. The van der Waals surface area contributed by atoms with Crippen molar-refractivity contribution in [3.8, 4) is 11.5 Å². The molecule has 5 rings (SSSR count). The van der Waals surface area contributed by atoms with Crippen LogP contribution in [0.5, 0.6) is 11.5 Å². The third kappa shape index (κ3) is 6.80. The zero-order valence-electron chi connectivity index (χ0n) is 22.2. The Hall–Kier alpha value is -3.40. The Bertz CT molecular complexity index is 2020. The summed E-state index contributed by atoms with van der Waals surface area (Å²) >= 11 is 0. The van der Waals surface area contributed by atoms with Gasteiger partial charge in [-0.25, -0.2) is 4.79 Å². The Kier molecular flexibility index (Phi) is 10.5. The molecule has 4 N–H and O–H groups in total. The largest absolute Gasteiger partial charge is 1.00 e. The average molecular weight is 602 g/mol. The van der Waals surface area contributed by atoms with E-state index in [1.54, 1.807) is 30.3 Å². The Morgan fingerprint density at radius 2 is 1.38 bits per heavy atom. The summed E-state index contributed by atoms with van der Waals surface area (Å²) in [6, 6.07) is 18.9. The number of carbonyl (C=O) groups is 1. The maximum Gasteiger partial charge on any atom is 1.00 e. The van der Waals surface area contributed by atoms with E-state index < -0.39 is 43.7 Å². The van der Waals surface area contributed by atoms with Gasteiger partial charge in [0.2, 0.25) is 0 Å². The van der Waals surface area contributed by atoms with E-state index >= 15 is 0 Å². The van der Waals surface area contributed by atoms with Crippen molar-refractivity contribution < 1.29 is 92.2 Å². The molecular formula is C27H17N5Na2O7S. The van der Waals surface area contributed by atoms with Gasteiger partial charge in [-0.3, -0.25) is 4.55 Å². The van der Waals surface area contributed by atoms with Crippen molar-refractivity contribution in [2.45, 2.75) is 4.90 Å². The van der Waals surface area contributed by atoms with Crippen LogP contribution in [0.1, 0.15) is 10.4 Å². The normalized spacial score (nSPS) is 11.5. The van der Waals surface area contributed by atoms with Crippen LogP contribution in [-0.4, -0.2) is 24.0 Å². The number of hydrogen-bond acceptors (Lipinski definition) is 10. The van der Waals surface area contributed by atoms with E-state index in [9.17, 15) is 28.0 Å². The number of anilines is 1. The Balaban J connectivity index is 0.00000242. The van der Waals surface area contributed by atoms with Gasteiger partial charge in [-0.1, -0.05) is 47.9 Å². The van der Waals surface area contributed by atoms with Gasteiger partial charge in [0.15, 0.2) is 0 Å². The van der Waals surface area contributed by atoms with Crippen molar-refractivity contribution in [3.63, 3.8) is 0 Å². The predicted octanol–water partition coefficient (Wildman–Crippen LogP) is -0.494. The fourth-order valence-electron chi connectivity index (χ4n) is 4.04. The van der Waals surface area contributed by atoms with Crippen LogP contribution in [0.3, 0.4) is 0 Å². The first kappa shape index (κ1) is 33.1. The number of nitrogens with zero attached hydrogens (tertiary/aromatic N) is 4. The molecule has 0 saturated carbocycles. The molecule has 0 heterocycles. The second-order valence-electron chi connectivity index (χ2n) is 8.54. The summed E-state index contributed by atoms with van der Waals surface area (Å²) < 4.78 is 33.9. The molecule has 0 aliphatic heterocycles. The summed E-state index contributed by atoms with van der Waals surface area (Å²) in [7, 11) is -4.82. The molecule has 42 heavy (non-hydrogen) atoms. The SMILES string of the molecule is Nc1ccc2cc(S(=O)(=O)O)c(N=Nc3ccc(N=Nc4ccc([O-])c(C(=O)O)c4)c4ccccc34)c([O-])c2c1.[Na+].[Na+]. The van der Waals surface area contributed by atoms with Crippen LogP contribution >= 0.6 is 0 Å². The number of fused-ring (bicyclic) bond motifs is 2. The number of hydrogen-bond donors (Lipinski definition) is 3. The molecule has 0 aliphatic carbocycles. The Morgan fingerprint density at radius 3 is 1.98 bits per heavy atom. The summed E-state index contributed by atoms with van der Waals surface area (Å²) in [5.74, 6) is -2.81. The maximum absolute atomic E-state index is 13.1. The minimum atomic E-state index is -4.82. The minimum absolute atomic E-state index is 0. The molecule has 15 heteroatoms. The van der Waals surface area contributed by atoms with Gasteiger partial charge < -0.3 is 21.1 Å². The molecule has 0 bridgehead atoms. The van der Waals surface area contributed by atoms with E-state index in [0.29, 0.717) is 16.5 Å². The van der Waals surface area contributed by atoms with Gasteiger partial charge in [-0.05, 0) is 53.2 Å². The fraction of sp³-hybridized carbons (Fsp3) is 0. The van der Waals surface area contributed by atoms with Crippen molar-refractivity contribution in [1.29, 1.82) is 0 Å². The third-order valence-corrected chi connectivity index (χ3v) is 6.80. The molecule has 0 fully saturated rings. The molecule has 0 saturated heterocycles. The quantitative estimate of drug-likeness (QED) is 0.0997. The summed E-state index contributed by atoms with van der Waals surface area (Å²) in [6.45, 7) is 0. The van der Waals surface area contributed by atoms with Crippen molar-refractivity contribution >= 4 is 66.1 Å². The second-order valence-corrected chi connectivity index (χ2v) is 9.93. The molecule has 0 spiro atoms. The Morgan fingerprint density at radius 1 is 0.762 bits per heavy atom. The van der Waals surface area contributed by atoms with Gasteiger partial charge >= 0.3 is 65.1 Å². The van der Waals surface area contributed by atoms with Gasteiger partial charge in [0.1, 0.15) is 4.90 Å². The van der Waals surface area contributed by atoms with E-state index in [-0.39, 0.29) is 86.9 Å². The van der Waals surface area contributed by atoms with Crippen LogP contribution in [0.25, 0.3) is 21.5 Å². The Labute approximate surface area is 283 Å². The number of carboxylic acids is 1. The van der Waals surface area contributed by atoms with E-state index in [1.807, 2.05) is 0 Å². The molecule has 5 aromatic rings. The van der Waals surface area contributed by atoms with Crippen LogP contribution in [0.2, 0.25) is 0 Å². The van der Waals surface area contributed by atoms with Crippen molar-refractivity contribution in [2.24, 2.45) is 20.5 Å². The first-order valence-electron chi connectivity index (χ1n) is 11.4. The van der Waals surface area contributed by atoms with E-state index in [2.05, 4.69) is 20.5 Å². The molecule has 200 valence electrons.